The van der Waals surface area contributed by atoms with Gasteiger partial charge >= 0.3 is 5.97 Å². The summed E-state index contributed by atoms with van der Waals surface area (Å²) in [4.78, 5) is 31.5. The van der Waals surface area contributed by atoms with Crippen molar-refractivity contribution in [2.24, 2.45) is 17.8 Å². The first-order valence-corrected chi connectivity index (χ1v) is 9.46. The first-order valence-electron chi connectivity index (χ1n) is 9.46. The standard InChI is InChI=1S/C21H26N2O3/c1-4-12-11-23(2)17-9-15-13-7-5-6-8-16(13)22-20(15)18(24)10-14(12)19(17)21(25)26-3/h5-8,12,14,17,19,22H,4,9-11H2,1-3H3/t12-,14+,17-,19-/m0/s1. The number of nitrogens with one attached hydrogen (secondary N) is 1. The lowest BCUT2D eigenvalue weighted by Crippen LogP contribution is -2.56. The number of para-hydroxylation sites is 1. The number of Topliss-reactive ketones (excluding diaryl/α,β-unsaturated/α-hetero) is 1. The van der Waals surface area contributed by atoms with Gasteiger partial charge in [-0.25, -0.2) is 0 Å². The number of methoxy groups -OCH3 is 1. The predicted molar refractivity (Wildman–Crippen MR) is 100 cm³/mol. The summed E-state index contributed by atoms with van der Waals surface area (Å²) in [7, 11) is 3.55. The molecule has 2 aromatic rings. The van der Waals surface area contributed by atoms with E-state index < -0.39 is 0 Å². The van der Waals surface area contributed by atoms with Crippen LogP contribution in [0.15, 0.2) is 24.3 Å². The molecule has 1 aliphatic heterocycles. The fourth-order valence-electron chi connectivity index (χ4n) is 5.15. The number of rotatable bonds is 2. The molecule has 1 aromatic carbocycles. The number of ketones is 1. The Morgan fingerprint density at radius 3 is 2.81 bits per heavy atom. The van der Waals surface area contributed by atoms with Crippen molar-refractivity contribution in [2.75, 3.05) is 20.7 Å². The van der Waals surface area contributed by atoms with Gasteiger partial charge in [0.15, 0.2) is 5.78 Å². The fourth-order valence-corrected chi connectivity index (χ4v) is 5.15. The lowest BCUT2D eigenvalue weighted by molar-refractivity contribution is -0.154. The molecule has 0 saturated carbocycles. The Bertz CT molecular complexity index is 856. The van der Waals surface area contributed by atoms with Gasteiger partial charge in [-0.05, 0) is 36.9 Å². The number of hydrogen-bond donors (Lipinski definition) is 1. The van der Waals surface area contributed by atoms with Gasteiger partial charge in [0.2, 0.25) is 0 Å². The van der Waals surface area contributed by atoms with E-state index >= 15 is 0 Å². The molecule has 0 spiro atoms. The minimum Gasteiger partial charge on any atom is -0.469 e. The summed E-state index contributed by atoms with van der Waals surface area (Å²) in [5.41, 5.74) is 2.77. The molecule has 4 rings (SSSR count). The molecule has 138 valence electrons. The zero-order chi connectivity index (χ0) is 18.4. The van der Waals surface area contributed by atoms with Gasteiger partial charge in [-0.15, -0.1) is 0 Å². The van der Waals surface area contributed by atoms with Crippen LogP contribution in [0.3, 0.4) is 0 Å². The van der Waals surface area contributed by atoms with Crippen molar-refractivity contribution >= 4 is 22.7 Å². The summed E-state index contributed by atoms with van der Waals surface area (Å²) >= 11 is 0. The molecule has 5 nitrogen and oxygen atoms in total. The maximum Gasteiger partial charge on any atom is 0.310 e. The van der Waals surface area contributed by atoms with Gasteiger partial charge in [0.1, 0.15) is 0 Å². The van der Waals surface area contributed by atoms with Gasteiger partial charge in [-0.1, -0.05) is 31.5 Å². The van der Waals surface area contributed by atoms with E-state index in [1.165, 1.54) is 7.11 Å². The smallest absolute Gasteiger partial charge is 0.310 e. The summed E-state index contributed by atoms with van der Waals surface area (Å²) in [6.07, 6.45) is 2.05. The molecule has 1 aromatic heterocycles. The SMILES string of the molecule is CC[C@H]1CN(C)[C@H]2Cc3c([nH]c4ccccc34)C(=O)C[C@H]1[C@@H]2C(=O)OC. The second kappa shape index (κ2) is 6.54. The second-order valence-corrected chi connectivity index (χ2v) is 7.74. The van der Waals surface area contributed by atoms with Gasteiger partial charge in [-0.2, -0.15) is 0 Å². The van der Waals surface area contributed by atoms with E-state index in [0.717, 1.165) is 35.1 Å². The van der Waals surface area contributed by atoms with Gasteiger partial charge < -0.3 is 14.6 Å². The quantitative estimate of drug-likeness (QED) is 0.842. The summed E-state index contributed by atoms with van der Waals surface area (Å²) < 4.78 is 5.17. The van der Waals surface area contributed by atoms with Crippen molar-refractivity contribution < 1.29 is 14.3 Å². The number of H-pyrrole nitrogens is 1. The largest absolute Gasteiger partial charge is 0.469 e. The molecular weight excluding hydrogens is 328 g/mol. The highest BCUT2D eigenvalue weighted by Gasteiger charge is 2.48. The Labute approximate surface area is 153 Å². The second-order valence-electron chi connectivity index (χ2n) is 7.74. The lowest BCUT2D eigenvalue weighted by atomic mass is 9.67. The highest BCUT2D eigenvalue weighted by molar-refractivity contribution is 6.03. The van der Waals surface area contributed by atoms with Crippen molar-refractivity contribution in [3.63, 3.8) is 0 Å². The van der Waals surface area contributed by atoms with Crippen molar-refractivity contribution in [2.45, 2.75) is 32.2 Å². The van der Waals surface area contributed by atoms with Crippen LogP contribution in [-0.4, -0.2) is 48.4 Å². The molecule has 1 N–H and O–H groups in total. The molecule has 0 amide bonds. The number of ether oxygens (including phenoxy) is 1. The topological polar surface area (TPSA) is 62.4 Å². The number of hydrogen-bond acceptors (Lipinski definition) is 4. The molecule has 1 fully saturated rings. The van der Waals surface area contributed by atoms with Crippen LogP contribution in [0.25, 0.3) is 10.9 Å². The average Bonchev–Trinajstić information content (AvgIpc) is 3.01. The normalized spacial score (nSPS) is 29.1. The Hall–Kier alpha value is -2.14. The highest BCUT2D eigenvalue weighted by atomic mass is 16.5. The number of carbonyl (C=O) groups excluding carboxylic acids is 2. The zero-order valence-electron chi connectivity index (χ0n) is 15.6. The molecule has 0 unspecified atom stereocenters. The monoisotopic (exact) mass is 354 g/mol. The van der Waals surface area contributed by atoms with Crippen molar-refractivity contribution in [3.8, 4) is 0 Å². The molecule has 1 saturated heterocycles. The Balaban J connectivity index is 1.88. The van der Waals surface area contributed by atoms with Gasteiger partial charge in [-0.3, -0.25) is 9.59 Å². The van der Waals surface area contributed by atoms with Crippen LogP contribution in [0.2, 0.25) is 0 Å². The molecule has 4 atom stereocenters. The molecule has 1 aliphatic carbocycles. The summed E-state index contributed by atoms with van der Waals surface area (Å²) in [6.45, 7) is 3.06. The molecule has 2 aliphatic rings. The summed E-state index contributed by atoms with van der Waals surface area (Å²) in [6, 6.07) is 8.10. The third-order valence-corrected chi connectivity index (χ3v) is 6.49. The number of nitrogens with zero attached hydrogens (tertiary/aromatic N) is 1. The number of benzene rings is 1. The van der Waals surface area contributed by atoms with Crippen LogP contribution in [0.5, 0.6) is 0 Å². The van der Waals surface area contributed by atoms with Crippen LogP contribution in [-0.2, 0) is 16.0 Å². The zero-order valence-corrected chi connectivity index (χ0v) is 15.6. The van der Waals surface area contributed by atoms with Gasteiger partial charge in [0.05, 0.1) is 18.7 Å². The molecule has 2 heterocycles. The molecule has 0 radical (unpaired) electrons. The third kappa shape index (κ3) is 2.57. The van der Waals surface area contributed by atoms with Crippen molar-refractivity contribution in [1.29, 1.82) is 0 Å². The third-order valence-electron chi connectivity index (χ3n) is 6.49. The van der Waals surface area contributed by atoms with Gasteiger partial charge in [0.25, 0.3) is 0 Å². The van der Waals surface area contributed by atoms with Crippen LogP contribution in [0.1, 0.15) is 35.8 Å². The van der Waals surface area contributed by atoms with E-state index in [0.29, 0.717) is 18.8 Å². The Morgan fingerprint density at radius 2 is 2.08 bits per heavy atom. The van der Waals surface area contributed by atoms with Crippen LogP contribution >= 0.6 is 0 Å². The maximum absolute atomic E-state index is 13.1. The molecule has 5 heteroatoms. The molecular formula is C21H26N2O3. The van der Waals surface area contributed by atoms with E-state index in [1.54, 1.807) is 0 Å². The maximum atomic E-state index is 13.1. The van der Waals surface area contributed by atoms with Crippen LogP contribution < -0.4 is 0 Å². The van der Waals surface area contributed by atoms with Crippen LogP contribution in [0.4, 0.5) is 0 Å². The molecule has 2 bridgehead atoms. The Morgan fingerprint density at radius 1 is 1.31 bits per heavy atom. The highest BCUT2D eigenvalue weighted by Crippen LogP contribution is 2.42. The predicted octanol–water partition coefficient (Wildman–Crippen LogP) is 3.04. The number of esters is 1. The van der Waals surface area contributed by atoms with E-state index in [9.17, 15) is 9.59 Å². The lowest BCUT2D eigenvalue weighted by Gasteiger charge is -2.47. The van der Waals surface area contributed by atoms with Gasteiger partial charge in [0, 0.05) is 29.9 Å². The average molecular weight is 354 g/mol. The molecule has 26 heavy (non-hydrogen) atoms. The van der Waals surface area contributed by atoms with Crippen LogP contribution in [0, 0.1) is 17.8 Å². The number of aromatic amines is 1. The first-order chi connectivity index (χ1) is 12.5. The van der Waals surface area contributed by atoms with Crippen molar-refractivity contribution in [3.05, 3.63) is 35.5 Å². The van der Waals surface area contributed by atoms with E-state index in [4.69, 9.17) is 4.74 Å². The summed E-state index contributed by atoms with van der Waals surface area (Å²) in [5, 5.41) is 1.09. The Kier molecular flexibility index (Phi) is 4.35. The first kappa shape index (κ1) is 17.3. The van der Waals surface area contributed by atoms with E-state index in [1.807, 2.05) is 18.2 Å². The summed E-state index contributed by atoms with van der Waals surface area (Å²) in [5.74, 6) is 0.0584. The minimum absolute atomic E-state index is 0.0423. The number of likely N-dealkylation sites (tertiary alicyclic amines) is 1. The van der Waals surface area contributed by atoms with E-state index in [2.05, 4.69) is 29.9 Å². The fraction of sp³-hybridized carbons (Fsp3) is 0.524. The minimum atomic E-state index is -0.255. The number of aromatic nitrogens is 1. The number of piperidine rings is 1. The van der Waals surface area contributed by atoms with Crippen molar-refractivity contribution in [1.82, 2.24) is 9.88 Å². The number of likely N-dealkylation sites (N-methyl/N-ethyl adjacent to an activating group) is 1. The number of carbonyl (C=O) groups is 2. The van der Waals surface area contributed by atoms with E-state index in [-0.39, 0.29) is 29.6 Å². The number of fused-ring (bicyclic) bond motifs is 5.